The zero-order valence-corrected chi connectivity index (χ0v) is 10.7. The number of nitrogens with zero attached hydrogens (tertiary/aromatic N) is 1. The van der Waals surface area contributed by atoms with Crippen LogP contribution < -0.4 is 5.73 Å². The van der Waals surface area contributed by atoms with Crippen LogP contribution in [0.25, 0.3) is 0 Å². The van der Waals surface area contributed by atoms with Gasteiger partial charge in [0.1, 0.15) is 11.7 Å². The predicted octanol–water partition coefficient (Wildman–Crippen LogP) is 1.99. The summed E-state index contributed by atoms with van der Waals surface area (Å²) in [4.78, 5) is 4.50. The van der Waals surface area contributed by atoms with Gasteiger partial charge in [-0.15, -0.1) is 11.8 Å². The summed E-state index contributed by atoms with van der Waals surface area (Å²) >= 11 is 1.76. The predicted molar refractivity (Wildman–Crippen MR) is 71.3 cm³/mol. The molecule has 3 rings (SSSR count). The second-order valence-corrected chi connectivity index (χ2v) is 5.87. The summed E-state index contributed by atoms with van der Waals surface area (Å²) in [5.74, 6) is 1.31. The van der Waals surface area contributed by atoms with Crippen molar-refractivity contribution in [3.63, 3.8) is 0 Å². The summed E-state index contributed by atoms with van der Waals surface area (Å²) in [6, 6.07) is 6.59. The second-order valence-electron chi connectivity index (χ2n) is 4.64. The van der Waals surface area contributed by atoms with Gasteiger partial charge in [-0.05, 0) is 6.07 Å². The maximum atomic E-state index is 13.9. The molecule has 0 aliphatic carbocycles. The molecule has 2 aliphatic rings. The van der Waals surface area contributed by atoms with E-state index in [1.54, 1.807) is 23.9 Å². The second kappa shape index (κ2) is 4.90. The van der Waals surface area contributed by atoms with Gasteiger partial charge in [-0.1, -0.05) is 18.2 Å². The van der Waals surface area contributed by atoms with Crippen molar-refractivity contribution >= 4 is 17.6 Å². The maximum Gasteiger partial charge on any atom is 0.128 e. The molecule has 1 aromatic rings. The van der Waals surface area contributed by atoms with Gasteiger partial charge >= 0.3 is 0 Å². The molecule has 2 N–H and O–H groups in total. The molecule has 0 saturated carbocycles. The van der Waals surface area contributed by atoms with Gasteiger partial charge in [-0.25, -0.2) is 4.39 Å². The van der Waals surface area contributed by atoms with Crippen LogP contribution in [0.2, 0.25) is 0 Å². The van der Waals surface area contributed by atoms with Gasteiger partial charge < -0.3 is 10.5 Å². The van der Waals surface area contributed by atoms with E-state index in [1.807, 2.05) is 6.07 Å². The van der Waals surface area contributed by atoms with Gasteiger partial charge in [0, 0.05) is 16.7 Å². The Bertz CT molecular complexity index is 480. The number of rotatable bonds is 1. The zero-order valence-electron chi connectivity index (χ0n) is 9.88. The van der Waals surface area contributed by atoms with E-state index < -0.39 is 0 Å². The number of aliphatic imine (C=N–C) groups is 1. The summed E-state index contributed by atoms with van der Waals surface area (Å²) in [5, 5.41) is 0.361. The van der Waals surface area contributed by atoms with Gasteiger partial charge in [-0.2, -0.15) is 0 Å². The Balaban J connectivity index is 2.01. The highest BCUT2D eigenvalue weighted by atomic mass is 32.2. The van der Waals surface area contributed by atoms with Gasteiger partial charge in [-0.3, -0.25) is 4.99 Å². The number of ether oxygens (including phenoxy) is 1. The molecule has 1 aromatic carbocycles. The van der Waals surface area contributed by atoms with E-state index in [-0.39, 0.29) is 17.8 Å². The molecule has 2 unspecified atom stereocenters. The first-order valence-corrected chi connectivity index (χ1v) is 7.06. The average molecular weight is 266 g/mol. The lowest BCUT2D eigenvalue weighted by atomic mass is 9.92. The number of hydrogen-bond donors (Lipinski definition) is 1. The highest BCUT2D eigenvalue weighted by Crippen LogP contribution is 2.40. The number of benzene rings is 1. The van der Waals surface area contributed by atoms with Crippen LogP contribution in [0.5, 0.6) is 0 Å². The Morgan fingerprint density at radius 2 is 2.17 bits per heavy atom. The molecule has 1 saturated heterocycles. The van der Waals surface area contributed by atoms with Crippen LogP contribution in [0.1, 0.15) is 11.6 Å². The monoisotopic (exact) mass is 266 g/mol. The minimum atomic E-state index is -0.214. The molecule has 1 fully saturated rings. The van der Waals surface area contributed by atoms with E-state index in [0.717, 1.165) is 0 Å². The molecule has 2 heterocycles. The quantitative estimate of drug-likeness (QED) is 0.845. The number of thioether (sulfide) groups is 1. The van der Waals surface area contributed by atoms with E-state index in [4.69, 9.17) is 10.5 Å². The molecule has 0 amide bonds. The van der Waals surface area contributed by atoms with E-state index in [0.29, 0.717) is 35.6 Å². The Morgan fingerprint density at radius 3 is 3.00 bits per heavy atom. The van der Waals surface area contributed by atoms with Crippen LogP contribution in [0.3, 0.4) is 0 Å². The number of amidine groups is 1. The first-order chi connectivity index (χ1) is 8.75. The highest BCUT2D eigenvalue weighted by molar-refractivity contribution is 8.00. The molecule has 0 aromatic heterocycles. The Kier molecular flexibility index (Phi) is 3.26. The molecule has 2 aliphatic heterocycles. The van der Waals surface area contributed by atoms with E-state index in [9.17, 15) is 4.39 Å². The molecule has 96 valence electrons. The van der Waals surface area contributed by atoms with Gasteiger partial charge in [0.15, 0.2) is 0 Å². The van der Waals surface area contributed by atoms with Crippen LogP contribution in [0.4, 0.5) is 4.39 Å². The summed E-state index contributed by atoms with van der Waals surface area (Å²) in [7, 11) is 0. The third kappa shape index (κ3) is 2.12. The summed E-state index contributed by atoms with van der Waals surface area (Å²) in [6.07, 6.45) is 0. The van der Waals surface area contributed by atoms with Crippen molar-refractivity contribution < 1.29 is 9.13 Å². The standard InChI is InChI=1S/C13H15FN2OS/c14-10-4-2-1-3-8(10)13-9-5-17-6-11(9)18-7-12(15)16-13/h1-4,9,11,13H,5-7H2,(H2,15,16)/t9?,11-,13?/m0/s1. The normalized spacial score (nSPS) is 31.6. The van der Waals surface area contributed by atoms with Crippen molar-refractivity contribution in [2.75, 3.05) is 19.0 Å². The third-order valence-corrected chi connectivity index (χ3v) is 4.83. The lowest BCUT2D eigenvalue weighted by Gasteiger charge is -2.22. The summed E-state index contributed by atoms with van der Waals surface area (Å²) < 4.78 is 19.5. The van der Waals surface area contributed by atoms with Crippen molar-refractivity contribution in [3.8, 4) is 0 Å². The molecular formula is C13H15FN2OS. The molecule has 5 heteroatoms. The topological polar surface area (TPSA) is 47.6 Å². The van der Waals surface area contributed by atoms with Crippen molar-refractivity contribution in [3.05, 3.63) is 35.6 Å². The van der Waals surface area contributed by atoms with Crippen LogP contribution in [-0.2, 0) is 4.74 Å². The Labute approximate surface area is 110 Å². The minimum Gasteiger partial charge on any atom is -0.387 e. The smallest absolute Gasteiger partial charge is 0.128 e. The van der Waals surface area contributed by atoms with Crippen LogP contribution >= 0.6 is 11.8 Å². The highest BCUT2D eigenvalue weighted by Gasteiger charge is 2.38. The molecular weight excluding hydrogens is 251 g/mol. The minimum absolute atomic E-state index is 0.211. The van der Waals surface area contributed by atoms with Gasteiger partial charge in [0.05, 0.1) is 25.0 Å². The van der Waals surface area contributed by atoms with Gasteiger partial charge in [0.2, 0.25) is 0 Å². The van der Waals surface area contributed by atoms with Crippen molar-refractivity contribution in [2.24, 2.45) is 16.6 Å². The molecule has 3 nitrogen and oxygen atoms in total. The summed E-state index contributed by atoms with van der Waals surface area (Å²) in [6.45, 7) is 1.34. The van der Waals surface area contributed by atoms with E-state index in [1.165, 1.54) is 6.07 Å². The Morgan fingerprint density at radius 1 is 1.33 bits per heavy atom. The maximum absolute atomic E-state index is 13.9. The Hall–Kier alpha value is -1.07. The fraction of sp³-hybridized carbons (Fsp3) is 0.462. The zero-order chi connectivity index (χ0) is 12.5. The number of fused-ring (bicyclic) bond motifs is 1. The van der Waals surface area contributed by atoms with E-state index in [2.05, 4.69) is 4.99 Å². The molecule has 0 radical (unpaired) electrons. The molecule has 0 spiro atoms. The van der Waals surface area contributed by atoms with Crippen molar-refractivity contribution in [2.45, 2.75) is 11.3 Å². The fourth-order valence-corrected chi connectivity index (χ4v) is 3.66. The van der Waals surface area contributed by atoms with Gasteiger partial charge in [0.25, 0.3) is 0 Å². The van der Waals surface area contributed by atoms with Crippen LogP contribution in [0, 0.1) is 11.7 Å². The molecule has 0 bridgehead atoms. The largest absolute Gasteiger partial charge is 0.387 e. The first kappa shape index (κ1) is 12.0. The average Bonchev–Trinajstić information content (AvgIpc) is 2.77. The third-order valence-electron chi connectivity index (χ3n) is 3.45. The lowest BCUT2D eigenvalue weighted by Crippen LogP contribution is -2.21. The van der Waals surface area contributed by atoms with Crippen LogP contribution in [-0.4, -0.2) is 30.1 Å². The summed E-state index contributed by atoms with van der Waals surface area (Å²) in [5.41, 5.74) is 6.51. The number of nitrogens with two attached hydrogens (primary N) is 1. The first-order valence-electron chi connectivity index (χ1n) is 6.01. The van der Waals surface area contributed by atoms with E-state index >= 15 is 0 Å². The fourth-order valence-electron chi connectivity index (χ4n) is 2.54. The van der Waals surface area contributed by atoms with Crippen molar-refractivity contribution in [1.82, 2.24) is 0 Å². The lowest BCUT2D eigenvalue weighted by molar-refractivity contribution is 0.181. The number of halogens is 1. The number of hydrogen-bond acceptors (Lipinski definition) is 4. The van der Waals surface area contributed by atoms with Crippen molar-refractivity contribution in [1.29, 1.82) is 0 Å². The van der Waals surface area contributed by atoms with Crippen LogP contribution in [0.15, 0.2) is 29.3 Å². The SMILES string of the molecule is NC1=NC(c2ccccc2F)C2COC[C@@H]2SC1. The molecule has 3 atom stereocenters. The molecule has 18 heavy (non-hydrogen) atoms.